The van der Waals surface area contributed by atoms with Crippen molar-refractivity contribution in [2.24, 2.45) is 0 Å². The number of ether oxygens (including phenoxy) is 1. The monoisotopic (exact) mass is 339 g/mol. The largest absolute Gasteiger partial charge is 0.480 e. The number of esters is 1. The van der Waals surface area contributed by atoms with Crippen LogP contribution < -0.4 is 15.4 Å². The molecular weight excluding hydrogens is 326 g/mol. The van der Waals surface area contributed by atoms with Crippen LogP contribution in [-0.4, -0.2) is 46.9 Å². The van der Waals surface area contributed by atoms with Crippen molar-refractivity contribution in [3.8, 4) is 5.75 Å². The average Bonchev–Trinajstić information content (AvgIpc) is 2.51. The number of nitrogens with one attached hydrogen (secondary N) is 2. The number of aliphatic carboxylic acids is 1. The molecule has 1 rings (SSSR count). The molecule has 0 saturated carbocycles. The lowest BCUT2D eigenvalue weighted by molar-refractivity contribution is -0.384. The summed E-state index contributed by atoms with van der Waals surface area (Å²) in [6.07, 6.45) is -0.641. The van der Waals surface area contributed by atoms with Crippen LogP contribution in [0, 0.1) is 10.1 Å². The first kappa shape index (κ1) is 18.5. The van der Waals surface area contributed by atoms with Crippen molar-refractivity contribution in [2.75, 3.05) is 13.1 Å². The van der Waals surface area contributed by atoms with E-state index < -0.39 is 48.2 Å². The van der Waals surface area contributed by atoms with E-state index in [0.29, 0.717) is 0 Å². The summed E-state index contributed by atoms with van der Waals surface area (Å²) in [5.74, 6) is -3.64. The van der Waals surface area contributed by atoms with Crippen LogP contribution in [-0.2, 0) is 19.2 Å². The Kier molecular flexibility index (Phi) is 6.82. The molecule has 1 aromatic carbocycles. The maximum absolute atomic E-state index is 11.5. The zero-order chi connectivity index (χ0) is 18.1. The van der Waals surface area contributed by atoms with E-state index >= 15 is 0 Å². The number of rotatable bonds is 8. The number of nitro groups is 1. The van der Waals surface area contributed by atoms with Gasteiger partial charge in [-0.25, -0.2) is 4.79 Å². The highest BCUT2D eigenvalue weighted by Gasteiger charge is 2.13. The maximum atomic E-state index is 11.5. The third-order valence-corrected chi connectivity index (χ3v) is 2.47. The Morgan fingerprint density at radius 2 is 1.58 bits per heavy atom. The fourth-order valence-corrected chi connectivity index (χ4v) is 1.42. The summed E-state index contributed by atoms with van der Waals surface area (Å²) in [6.45, 7) is -1.14. The summed E-state index contributed by atoms with van der Waals surface area (Å²) in [5.41, 5.74) is -0.171. The molecular formula is C13H13N3O8. The maximum Gasteiger partial charge on any atom is 0.330 e. The van der Waals surface area contributed by atoms with Crippen LogP contribution in [0.1, 0.15) is 6.42 Å². The van der Waals surface area contributed by atoms with E-state index in [0.717, 1.165) is 12.1 Å². The third kappa shape index (κ3) is 6.98. The highest BCUT2D eigenvalue weighted by atomic mass is 16.6. The number of nitrogens with zero attached hydrogens (tertiary/aromatic N) is 1. The number of non-ortho nitro benzene ring substituents is 1. The fourth-order valence-electron chi connectivity index (χ4n) is 1.42. The van der Waals surface area contributed by atoms with Crippen LogP contribution in [0.3, 0.4) is 0 Å². The smallest absolute Gasteiger partial charge is 0.330 e. The third-order valence-electron chi connectivity index (χ3n) is 2.47. The number of nitro benzene ring substituents is 1. The molecule has 0 saturated heterocycles. The van der Waals surface area contributed by atoms with Crippen molar-refractivity contribution >= 4 is 29.4 Å². The van der Waals surface area contributed by atoms with Gasteiger partial charge in [-0.05, 0) is 12.1 Å². The van der Waals surface area contributed by atoms with Gasteiger partial charge in [0.2, 0.25) is 11.8 Å². The summed E-state index contributed by atoms with van der Waals surface area (Å²) < 4.78 is 4.83. The molecule has 0 heterocycles. The lowest BCUT2D eigenvalue weighted by atomic mass is 10.3. The van der Waals surface area contributed by atoms with E-state index in [1.54, 1.807) is 0 Å². The average molecular weight is 339 g/mol. The molecule has 2 amide bonds. The van der Waals surface area contributed by atoms with Crippen LogP contribution in [0.25, 0.3) is 0 Å². The van der Waals surface area contributed by atoms with Gasteiger partial charge in [0.1, 0.15) is 25.3 Å². The molecule has 0 unspecified atom stereocenters. The molecule has 0 fully saturated rings. The number of carbonyl (C=O) groups is 4. The van der Waals surface area contributed by atoms with E-state index in [1.165, 1.54) is 12.1 Å². The molecule has 3 N–H and O–H groups in total. The summed E-state index contributed by atoms with van der Waals surface area (Å²) in [7, 11) is 0. The molecule has 0 radical (unpaired) electrons. The summed E-state index contributed by atoms with van der Waals surface area (Å²) in [6, 6.07) is 4.73. The van der Waals surface area contributed by atoms with Gasteiger partial charge >= 0.3 is 11.9 Å². The summed E-state index contributed by atoms with van der Waals surface area (Å²) in [5, 5.41) is 22.9. The Labute approximate surface area is 134 Å². The van der Waals surface area contributed by atoms with Gasteiger partial charge in [0.15, 0.2) is 0 Å². The molecule has 0 spiro atoms. The molecule has 0 aliphatic rings. The zero-order valence-corrected chi connectivity index (χ0v) is 12.2. The summed E-state index contributed by atoms with van der Waals surface area (Å²) in [4.78, 5) is 54.1. The number of benzene rings is 1. The zero-order valence-electron chi connectivity index (χ0n) is 12.2. The summed E-state index contributed by atoms with van der Waals surface area (Å²) >= 11 is 0. The number of hydrogen-bond donors (Lipinski definition) is 3. The number of carboxylic acid groups (broad SMARTS) is 1. The Balaban J connectivity index is 2.35. The molecule has 11 nitrogen and oxygen atoms in total. The molecule has 11 heteroatoms. The van der Waals surface area contributed by atoms with Crippen LogP contribution in [0.4, 0.5) is 5.69 Å². The second kappa shape index (κ2) is 8.82. The van der Waals surface area contributed by atoms with Gasteiger partial charge in [-0.15, -0.1) is 0 Å². The van der Waals surface area contributed by atoms with E-state index in [1.807, 2.05) is 5.32 Å². The highest BCUT2D eigenvalue weighted by Crippen LogP contribution is 2.17. The Hall–Kier alpha value is -3.50. The number of carbonyl (C=O) groups excluding carboxylic acids is 3. The lowest BCUT2D eigenvalue weighted by Crippen LogP contribution is -2.37. The van der Waals surface area contributed by atoms with Gasteiger partial charge in [-0.1, -0.05) is 0 Å². The normalized spacial score (nSPS) is 9.67. The predicted octanol–water partition coefficient (Wildman–Crippen LogP) is -0.793. The van der Waals surface area contributed by atoms with Crippen molar-refractivity contribution in [3.05, 3.63) is 34.4 Å². The minimum absolute atomic E-state index is 0.0547. The van der Waals surface area contributed by atoms with E-state index in [-0.39, 0.29) is 11.4 Å². The number of hydrogen-bond acceptors (Lipinski definition) is 7. The van der Waals surface area contributed by atoms with Gasteiger partial charge in [-0.3, -0.25) is 24.5 Å². The SMILES string of the molecule is O=C(O)CNC(=O)CC(=O)NCC(=O)Oc1ccc([N+](=O)[O-])cc1. The lowest BCUT2D eigenvalue weighted by Gasteiger charge is -2.06. The fraction of sp³-hybridized carbons (Fsp3) is 0.231. The van der Waals surface area contributed by atoms with Gasteiger partial charge in [0.25, 0.3) is 5.69 Å². The van der Waals surface area contributed by atoms with Crippen LogP contribution >= 0.6 is 0 Å². The first-order valence-corrected chi connectivity index (χ1v) is 6.48. The second-order valence-electron chi connectivity index (χ2n) is 4.35. The Morgan fingerprint density at radius 3 is 2.08 bits per heavy atom. The van der Waals surface area contributed by atoms with Crippen LogP contribution in [0.15, 0.2) is 24.3 Å². The molecule has 0 aliphatic heterocycles. The molecule has 0 aliphatic carbocycles. The molecule has 24 heavy (non-hydrogen) atoms. The van der Waals surface area contributed by atoms with E-state index in [4.69, 9.17) is 9.84 Å². The minimum atomic E-state index is -1.25. The minimum Gasteiger partial charge on any atom is -0.480 e. The van der Waals surface area contributed by atoms with Crippen LogP contribution in [0.5, 0.6) is 5.75 Å². The van der Waals surface area contributed by atoms with Crippen molar-refractivity contribution in [2.45, 2.75) is 6.42 Å². The molecule has 0 bridgehead atoms. The van der Waals surface area contributed by atoms with E-state index in [9.17, 15) is 29.3 Å². The Bertz CT molecular complexity index is 656. The van der Waals surface area contributed by atoms with Crippen LogP contribution in [0.2, 0.25) is 0 Å². The van der Waals surface area contributed by atoms with Crippen molar-refractivity contribution in [1.82, 2.24) is 10.6 Å². The molecule has 0 atom stereocenters. The number of amides is 2. The highest BCUT2D eigenvalue weighted by molar-refractivity contribution is 5.98. The van der Waals surface area contributed by atoms with Crippen molar-refractivity contribution in [1.29, 1.82) is 0 Å². The molecule has 0 aromatic heterocycles. The van der Waals surface area contributed by atoms with Crippen molar-refractivity contribution < 1.29 is 33.9 Å². The van der Waals surface area contributed by atoms with Crippen molar-refractivity contribution in [3.63, 3.8) is 0 Å². The second-order valence-corrected chi connectivity index (χ2v) is 4.35. The Morgan fingerprint density at radius 1 is 1.04 bits per heavy atom. The standard InChI is InChI=1S/C13H13N3O8/c17-10(14-6-12(19)20)5-11(18)15-7-13(21)24-9-3-1-8(2-4-9)16(22)23/h1-4H,5-7H2,(H,14,17)(H,15,18)(H,19,20). The van der Waals surface area contributed by atoms with Gasteiger partial charge < -0.3 is 20.5 Å². The predicted molar refractivity (Wildman–Crippen MR) is 77.0 cm³/mol. The van der Waals surface area contributed by atoms with Gasteiger partial charge in [0, 0.05) is 12.1 Å². The first-order valence-electron chi connectivity index (χ1n) is 6.48. The molecule has 128 valence electrons. The first-order chi connectivity index (χ1) is 11.3. The topological polar surface area (TPSA) is 165 Å². The van der Waals surface area contributed by atoms with Gasteiger partial charge in [-0.2, -0.15) is 0 Å². The number of carboxylic acids is 1. The van der Waals surface area contributed by atoms with E-state index in [2.05, 4.69) is 5.32 Å². The molecule has 1 aromatic rings. The quantitative estimate of drug-likeness (QED) is 0.182. The van der Waals surface area contributed by atoms with Gasteiger partial charge in [0.05, 0.1) is 4.92 Å².